The van der Waals surface area contributed by atoms with Crippen molar-refractivity contribution in [2.24, 2.45) is 0 Å². The first kappa shape index (κ1) is 28.4. The summed E-state index contributed by atoms with van der Waals surface area (Å²) in [6, 6.07) is 1.77. The topological polar surface area (TPSA) is 139 Å². The lowest BCUT2D eigenvalue weighted by molar-refractivity contribution is -0.124. The van der Waals surface area contributed by atoms with E-state index in [-0.39, 0.29) is 24.5 Å². The molecule has 0 spiro atoms. The van der Waals surface area contributed by atoms with Crippen LogP contribution in [0.3, 0.4) is 0 Å². The maximum absolute atomic E-state index is 13.4. The summed E-state index contributed by atoms with van der Waals surface area (Å²) >= 11 is 0. The number of hydrogen-bond donors (Lipinski definition) is 1. The van der Waals surface area contributed by atoms with Gasteiger partial charge < -0.3 is 19.3 Å². The summed E-state index contributed by atoms with van der Waals surface area (Å²) < 4.78 is 12.9. The maximum atomic E-state index is 13.4. The third-order valence-electron chi connectivity index (χ3n) is 6.70. The molecule has 4 heterocycles. The average Bonchev–Trinajstić information content (AvgIpc) is 3.52. The largest absolute Gasteiger partial charge is 0.444 e. The third-order valence-corrected chi connectivity index (χ3v) is 6.70. The summed E-state index contributed by atoms with van der Waals surface area (Å²) in [6.07, 6.45) is 3.96. The van der Waals surface area contributed by atoms with Crippen LogP contribution in [0.4, 0.5) is 21.2 Å². The molecule has 4 amide bonds. The Hall–Kier alpha value is -4.16. The second-order valence-electron chi connectivity index (χ2n) is 12.6. The number of nitrogens with one attached hydrogen (secondary N) is 1. The van der Waals surface area contributed by atoms with Crippen LogP contribution in [0.2, 0.25) is 0 Å². The van der Waals surface area contributed by atoms with Crippen LogP contribution >= 0.6 is 0 Å². The normalized spacial score (nSPS) is 19.1. The molecule has 0 aromatic carbocycles. The molecule has 3 aliphatic rings. The summed E-state index contributed by atoms with van der Waals surface area (Å²) in [5.41, 5.74) is 0.00781. The van der Waals surface area contributed by atoms with Crippen LogP contribution in [0.5, 0.6) is 0 Å². The zero-order chi connectivity index (χ0) is 29.7. The van der Waals surface area contributed by atoms with Crippen LogP contribution in [0, 0.1) is 0 Å². The number of aromatic nitrogens is 3. The lowest BCUT2D eigenvalue weighted by Gasteiger charge is -2.36. The summed E-state index contributed by atoms with van der Waals surface area (Å²) in [6.45, 7) is 12.8. The number of carbonyl (C=O) groups is 4. The number of anilines is 2. The van der Waals surface area contributed by atoms with E-state index in [0.717, 1.165) is 12.8 Å². The van der Waals surface area contributed by atoms with Gasteiger partial charge in [0.2, 0.25) is 5.91 Å². The molecule has 2 aromatic rings. The number of hydrogen-bond acceptors (Lipinski definition) is 9. The molecular weight excluding hydrogens is 530 g/mol. The van der Waals surface area contributed by atoms with Gasteiger partial charge in [0.25, 0.3) is 5.91 Å². The second-order valence-corrected chi connectivity index (χ2v) is 12.6. The minimum atomic E-state index is -0.695. The van der Waals surface area contributed by atoms with Crippen LogP contribution in [0.1, 0.15) is 66.4 Å². The van der Waals surface area contributed by atoms with Crippen molar-refractivity contribution in [3.8, 4) is 0 Å². The van der Waals surface area contributed by atoms with Crippen LogP contribution in [-0.4, -0.2) is 86.9 Å². The number of rotatable bonds is 4. The minimum Gasteiger partial charge on any atom is -0.444 e. The SMILES string of the molecule is CC(C)(C)OC(=O)N1CCN(c2cc(N(C(=O)OC(C)(C)C)C3CC3)n3ncc(C=C4CC(=O)NC4=O)c3n2)CC1. The van der Waals surface area contributed by atoms with Crippen molar-refractivity contribution in [1.29, 1.82) is 0 Å². The van der Waals surface area contributed by atoms with Crippen LogP contribution in [0.25, 0.3) is 11.7 Å². The predicted molar refractivity (Wildman–Crippen MR) is 150 cm³/mol. The van der Waals surface area contributed by atoms with Gasteiger partial charge >= 0.3 is 12.2 Å². The van der Waals surface area contributed by atoms with Crippen molar-refractivity contribution in [2.45, 2.75) is 78.0 Å². The Kier molecular flexibility index (Phi) is 7.16. The van der Waals surface area contributed by atoms with E-state index in [4.69, 9.17) is 14.5 Å². The molecule has 5 rings (SSSR count). The Morgan fingerprint density at radius 2 is 1.68 bits per heavy atom. The van der Waals surface area contributed by atoms with Gasteiger partial charge in [0.15, 0.2) is 5.65 Å². The van der Waals surface area contributed by atoms with E-state index < -0.39 is 23.2 Å². The van der Waals surface area contributed by atoms with Crippen molar-refractivity contribution in [3.05, 3.63) is 23.4 Å². The molecule has 1 aliphatic carbocycles. The highest BCUT2D eigenvalue weighted by atomic mass is 16.6. The van der Waals surface area contributed by atoms with Crippen LogP contribution < -0.4 is 15.1 Å². The van der Waals surface area contributed by atoms with Gasteiger partial charge in [-0.25, -0.2) is 14.6 Å². The minimum absolute atomic E-state index is 0.0263. The fourth-order valence-electron chi connectivity index (χ4n) is 4.71. The molecule has 1 saturated carbocycles. The molecule has 2 aliphatic heterocycles. The summed E-state index contributed by atoms with van der Waals surface area (Å²) in [5.74, 6) is 0.280. The maximum Gasteiger partial charge on any atom is 0.416 e. The standard InChI is InChI=1S/C28H37N7O6/c1-27(2,3)40-25(38)33-11-9-32(10-12-33)20-15-22(34(19-7-8-19)26(39)41-28(4,5)6)35-23(30-20)18(16-29-35)13-17-14-21(36)31-24(17)37/h13,15-16,19H,7-12,14H2,1-6H3,(H,31,36,37). The van der Waals surface area contributed by atoms with E-state index in [9.17, 15) is 19.2 Å². The van der Waals surface area contributed by atoms with Crippen LogP contribution in [-0.2, 0) is 19.1 Å². The molecule has 0 radical (unpaired) electrons. The van der Waals surface area contributed by atoms with Crippen molar-refractivity contribution in [3.63, 3.8) is 0 Å². The number of fused-ring (bicyclic) bond motifs is 1. The van der Waals surface area contributed by atoms with E-state index in [2.05, 4.69) is 10.4 Å². The van der Waals surface area contributed by atoms with E-state index >= 15 is 0 Å². The van der Waals surface area contributed by atoms with E-state index in [1.165, 1.54) is 0 Å². The van der Waals surface area contributed by atoms with Gasteiger partial charge in [-0.2, -0.15) is 9.61 Å². The van der Waals surface area contributed by atoms with Crippen molar-refractivity contribution < 1.29 is 28.7 Å². The van der Waals surface area contributed by atoms with E-state index in [1.807, 2.05) is 52.5 Å². The molecular formula is C28H37N7O6. The zero-order valence-corrected chi connectivity index (χ0v) is 24.4. The number of ether oxygens (including phenoxy) is 2. The summed E-state index contributed by atoms with van der Waals surface area (Å²) in [5, 5.41) is 6.82. The number of imide groups is 1. The monoisotopic (exact) mass is 567 g/mol. The second kappa shape index (κ2) is 10.3. The van der Waals surface area contributed by atoms with Crippen LogP contribution in [0.15, 0.2) is 17.8 Å². The number of amides is 4. The van der Waals surface area contributed by atoms with E-state index in [1.54, 1.807) is 26.6 Å². The molecule has 3 fully saturated rings. The van der Waals surface area contributed by atoms with Gasteiger partial charge in [0, 0.05) is 49.4 Å². The first-order valence-corrected chi connectivity index (χ1v) is 13.9. The highest BCUT2D eigenvalue weighted by Crippen LogP contribution is 2.36. The number of carbonyl (C=O) groups excluding carboxylic acids is 4. The Balaban J connectivity index is 1.52. The highest BCUT2D eigenvalue weighted by molar-refractivity contribution is 6.15. The fraction of sp³-hybridized carbons (Fsp3) is 0.571. The van der Waals surface area contributed by atoms with Crippen molar-refractivity contribution in [1.82, 2.24) is 24.8 Å². The molecule has 2 saturated heterocycles. The predicted octanol–water partition coefficient (Wildman–Crippen LogP) is 3.12. The molecule has 13 nitrogen and oxygen atoms in total. The molecule has 13 heteroatoms. The summed E-state index contributed by atoms with van der Waals surface area (Å²) in [4.78, 5) is 60.3. The molecule has 1 N–H and O–H groups in total. The van der Waals surface area contributed by atoms with Gasteiger partial charge in [-0.1, -0.05) is 0 Å². The zero-order valence-electron chi connectivity index (χ0n) is 24.4. The molecule has 2 aromatic heterocycles. The highest BCUT2D eigenvalue weighted by Gasteiger charge is 2.39. The van der Waals surface area contributed by atoms with Crippen molar-refractivity contribution >= 4 is 47.4 Å². The molecule has 41 heavy (non-hydrogen) atoms. The smallest absolute Gasteiger partial charge is 0.416 e. The van der Waals surface area contributed by atoms with Gasteiger partial charge in [0.05, 0.1) is 12.6 Å². The van der Waals surface area contributed by atoms with Gasteiger partial charge in [-0.05, 0) is 60.5 Å². The Labute approximate surface area is 238 Å². The van der Waals surface area contributed by atoms with Gasteiger partial charge in [-0.15, -0.1) is 0 Å². The fourth-order valence-corrected chi connectivity index (χ4v) is 4.71. The van der Waals surface area contributed by atoms with Gasteiger partial charge in [0.1, 0.15) is 22.8 Å². The number of piperazine rings is 1. The first-order valence-electron chi connectivity index (χ1n) is 13.9. The third kappa shape index (κ3) is 6.44. The van der Waals surface area contributed by atoms with Crippen molar-refractivity contribution in [2.75, 3.05) is 36.0 Å². The molecule has 220 valence electrons. The Morgan fingerprint density at radius 1 is 1.02 bits per heavy atom. The quantitative estimate of drug-likeness (QED) is 0.436. The lowest BCUT2D eigenvalue weighted by Crippen LogP contribution is -2.50. The molecule has 0 atom stereocenters. The number of nitrogens with zero attached hydrogens (tertiary/aromatic N) is 6. The summed E-state index contributed by atoms with van der Waals surface area (Å²) in [7, 11) is 0. The molecule has 0 bridgehead atoms. The lowest BCUT2D eigenvalue weighted by atomic mass is 10.1. The van der Waals surface area contributed by atoms with Gasteiger partial charge in [-0.3, -0.25) is 19.8 Å². The molecule has 0 unspecified atom stereocenters. The Bertz CT molecular complexity index is 1420. The average molecular weight is 568 g/mol. The van der Waals surface area contributed by atoms with E-state index in [0.29, 0.717) is 54.6 Å². The first-order chi connectivity index (χ1) is 19.2. The Morgan fingerprint density at radius 3 is 2.24 bits per heavy atom.